The molecule has 0 radical (unpaired) electrons. The van der Waals surface area contributed by atoms with Gasteiger partial charge in [0.2, 0.25) is 5.78 Å². The zero-order valence-electron chi connectivity index (χ0n) is 16.2. The van der Waals surface area contributed by atoms with Gasteiger partial charge in [-0.25, -0.2) is 0 Å². The fourth-order valence-corrected chi connectivity index (χ4v) is 7.95. The number of ketones is 1. The number of Topliss-reactive ketones (excluding diaryl/α,β-unsaturated/α-hetero) is 1. The number of H-pyrrole nitrogens is 1. The van der Waals surface area contributed by atoms with E-state index in [0.29, 0.717) is 17.4 Å². The van der Waals surface area contributed by atoms with Crippen LogP contribution in [0.5, 0.6) is 0 Å². The Balaban J connectivity index is 1.32. The first-order chi connectivity index (χ1) is 13.4. The van der Waals surface area contributed by atoms with E-state index >= 15 is 0 Å². The number of benzene rings is 1. The summed E-state index contributed by atoms with van der Waals surface area (Å²) in [5.41, 5.74) is 2.41. The van der Waals surface area contributed by atoms with Crippen LogP contribution in [0.3, 0.4) is 0 Å². The van der Waals surface area contributed by atoms with Crippen molar-refractivity contribution < 1.29 is 14.3 Å². The van der Waals surface area contributed by atoms with Crippen molar-refractivity contribution in [1.29, 1.82) is 0 Å². The van der Waals surface area contributed by atoms with E-state index in [1.165, 1.54) is 24.8 Å². The fraction of sp³-hybridized carbons (Fsp3) is 0.565. The summed E-state index contributed by atoms with van der Waals surface area (Å²) in [5, 5.41) is 0.912. The molecule has 4 fully saturated rings. The van der Waals surface area contributed by atoms with Crippen LogP contribution >= 0.6 is 15.9 Å². The molecule has 4 saturated carbocycles. The monoisotopic (exact) mass is 443 g/mol. The third kappa shape index (κ3) is 2.85. The van der Waals surface area contributed by atoms with E-state index in [0.717, 1.165) is 36.6 Å². The number of aromatic amines is 1. The Morgan fingerprint density at radius 1 is 1.21 bits per heavy atom. The van der Waals surface area contributed by atoms with Gasteiger partial charge in [-0.2, -0.15) is 0 Å². The number of carbonyl (C=O) groups excluding carboxylic acids is 2. The number of para-hydroxylation sites is 1. The second-order valence-corrected chi connectivity index (χ2v) is 11.0. The molecule has 0 aliphatic heterocycles. The maximum Gasteiger partial charge on any atom is 0.312 e. The summed E-state index contributed by atoms with van der Waals surface area (Å²) < 4.78 is 5.74. The summed E-state index contributed by atoms with van der Waals surface area (Å²) in [7, 11) is 0. The second-order valence-electron chi connectivity index (χ2n) is 9.29. The van der Waals surface area contributed by atoms with E-state index in [2.05, 4.69) is 33.9 Å². The molecule has 1 aromatic carbocycles. The van der Waals surface area contributed by atoms with Crippen LogP contribution in [0, 0.1) is 17.3 Å². The molecule has 0 saturated heterocycles. The quantitative estimate of drug-likeness (QED) is 0.392. The first kappa shape index (κ1) is 18.4. The van der Waals surface area contributed by atoms with Gasteiger partial charge in [0.15, 0.2) is 6.61 Å². The lowest BCUT2D eigenvalue weighted by Gasteiger charge is -2.58. The molecule has 4 aliphatic carbocycles. The van der Waals surface area contributed by atoms with E-state index in [9.17, 15) is 9.59 Å². The zero-order valence-corrected chi connectivity index (χ0v) is 17.8. The van der Waals surface area contributed by atoms with Crippen LogP contribution in [0.15, 0.2) is 24.4 Å². The summed E-state index contributed by atoms with van der Waals surface area (Å²) in [5.74, 6) is 0.939. The van der Waals surface area contributed by atoms with Crippen molar-refractivity contribution in [1.82, 2.24) is 4.98 Å². The van der Waals surface area contributed by atoms with E-state index < -0.39 is 0 Å². The third-order valence-corrected chi connectivity index (χ3v) is 8.17. The van der Waals surface area contributed by atoms with Crippen LogP contribution in [0.1, 0.15) is 61.4 Å². The first-order valence-corrected chi connectivity index (χ1v) is 11.2. The van der Waals surface area contributed by atoms with Crippen molar-refractivity contribution in [3.8, 4) is 0 Å². The number of rotatable bonds is 5. The molecule has 4 nitrogen and oxygen atoms in total. The predicted molar refractivity (Wildman–Crippen MR) is 112 cm³/mol. The molecule has 2 unspecified atom stereocenters. The van der Waals surface area contributed by atoms with Gasteiger partial charge in [0.1, 0.15) is 0 Å². The minimum Gasteiger partial charge on any atom is -0.457 e. The van der Waals surface area contributed by atoms with Crippen molar-refractivity contribution in [2.24, 2.45) is 17.3 Å². The lowest BCUT2D eigenvalue weighted by molar-refractivity contribution is -0.168. The van der Waals surface area contributed by atoms with Crippen LogP contribution in [-0.2, 0) is 16.0 Å². The van der Waals surface area contributed by atoms with E-state index in [1.807, 2.05) is 12.1 Å². The molecule has 148 valence electrons. The maximum atomic E-state index is 13.1. The van der Waals surface area contributed by atoms with Gasteiger partial charge in [0.05, 0.1) is 5.41 Å². The number of aryl methyl sites for hydroxylation is 1. The number of aromatic nitrogens is 1. The molecule has 2 atom stereocenters. The minimum absolute atomic E-state index is 0.105. The van der Waals surface area contributed by atoms with Gasteiger partial charge in [-0.05, 0) is 62.3 Å². The highest BCUT2D eigenvalue weighted by molar-refractivity contribution is 9.10. The molecule has 1 heterocycles. The number of esters is 1. The number of alkyl halides is 1. The molecule has 6 rings (SSSR count). The number of ether oxygens (including phenoxy) is 1. The molecular weight excluding hydrogens is 418 g/mol. The van der Waals surface area contributed by atoms with Gasteiger partial charge in [0, 0.05) is 27.0 Å². The molecule has 4 aliphatic rings. The zero-order chi connectivity index (χ0) is 19.5. The van der Waals surface area contributed by atoms with Crippen molar-refractivity contribution >= 4 is 38.6 Å². The molecule has 1 aromatic heterocycles. The first-order valence-electron chi connectivity index (χ1n) is 10.4. The Hall–Kier alpha value is -1.62. The minimum atomic E-state index is -0.385. The average Bonchev–Trinajstić information content (AvgIpc) is 3.08. The smallest absolute Gasteiger partial charge is 0.312 e. The topological polar surface area (TPSA) is 59.2 Å². The van der Waals surface area contributed by atoms with Crippen molar-refractivity contribution in [3.63, 3.8) is 0 Å². The van der Waals surface area contributed by atoms with Gasteiger partial charge in [-0.1, -0.05) is 41.1 Å². The lowest BCUT2D eigenvalue weighted by atomic mass is 9.49. The lowest BCUT2D eigenvalue weighted by Crippen LogP contribution is -2.56. The summed E-state index contributed by atoms with van der Waals surface area (Å²) in [6, 6.07) is 5.99. The number of hydrogen-bond acceptors (Lipinski definition) is 3. The van der Waals surface area contributed by atoms with Crippen molar-refractivity contribution in [3.05, 3.63) is 35.5 Å². The van der Waals surface area contributed by atoms with E-state index in [-0.39, 0.29) is 28.1 Å². The standard InChI is InChI=1S/C23H26BrNO3/c1-2-16-4-3-5-17-18(11-25-20(16)17)19(26)12-28-21(27)22-7-14-6-15(8-22)10-23(24,9-14)13-22/h3-5,11,14-15,25H,2,6-10,12-13H2,1H3. The summed E-state index contributed by atoms with van der Waals surface area (Å²) in [6.07, 6.45) is 8.95. The Labute approximate surface area is 173 Å². The van der Waals surface area contributed by atoms with Crippen LogP contribution in [0.2, 0.25) is 0 Å². The molecular formula is C23H26BrNO3. The van der Waals surface area contributed by atoms with Gasteiger partial charge in [-0.3, -0.25) is 9.59 Å². The number of hydrogen-bond donors (Lipinski definition) is 1. The van der Waals surface area contributed by atoms with Gasteiger partial charge in [0.25, 0.3) is 0 Å². The fourth-order valence-electron chi connectivity index (χ4n) is 6.49. The van der Waals surface area contributed by atoms with Crippen molar-refractivity contribution in [2.45, 2.75) is 56.2 Å². The van der Waals surface area contributed by atoms with Gasteiger partial charge >= 0.3 is 5.97 Å². The third-order valence-electron chi connectivity index (χ3n) is 7.24. The molecule has 28 heavy (non-hydrogen) atoms. The Morgan fingerprint density at radius 2 is 1.96 bits per heavy atom. The van der Waals surface area contributed by atoms with Crippen LogP contribution in [0.4, 0.5) is 0 Å². The molecule has 1 N–H and O–H groups in total. The van der Waals surface area contributed by atoms with E-state index in [1.54, 1.807) is 6.20 Å². The molecule has 4 bridgehead atoms. The normalized spacial score (nSPS) is 33.4. The summed E-state index contributed by atoms with van der Waals surface area (Å²) >= 11 is 3.93. The number of halogens is 1. The van der Waals surface area contributed by atoms with Gasteiger partial charge in [-0.15, -0.1) is 0 Å². The van der Waals surface area contributed by atoms with Crippen LogP contribution in [-0.4, -0.2) is 27.7 Å². The molecule has 2 aromatic rings. The van der Waals surface area contributed by atoms with Crippen LogP contribution < -0.4 is 0 Å². The highest BCUT2D eigenvalue weighted by atomic mass is 79.9. The van der Waals surface area contributed by atoms with Crippen LogP contribution in [0.25, 0.3) is 10.9 Å². The predicted octanol–water partition coefficient (Wildman–Crippen LogP) is 5.19. The van der Waals surface area contributed by atoms with Crippen molar-refractivity contribution in [2.75, 3.05) is 6.61 Å². The molecule has 5 heteroatoms. The Bertz CT molecular complexity index is 948. The van der Waals surface area contributed by atoms with E-state index in [4.69, 9.17) is 4.74 Å². The average molecular weight is 444 g/mol. The Kier molecular flexibility index (Phi) is 4.24. The molecule has 0 amide bonds. The number of fused-ring (bicyclic) bond motifs is 1. The summed E-state index contributed by atoms with van der Waals surface area (Å²) in [6.45, 7) is 1.93. The highest BCUT2D eigenvalue weighted by Crippen LogP contribution is 2.64. The highest BCUT2D eigenvalue weighted by Gasteiger charge is 2.60. The SMILES string of the molecule is CCc1cccc2c(C(=O)COC(=O)C34CC5CC(CC(Br)(C5)C3)C4)c[nH]c12. The maximum absolute atomic E-state index is 13.1. The molecule has 0 spiro atoms. The second kappa shape index (κ2) is 6.45. The largest absolute Gasteiger partial charge is 0.457 e. The summed E-state index contributed by atoms with van der Waals surface area (Å²) in [4.78, 5) is 29.1. The number of nitrogens with one attached hydrogen (secondary N) is 1. The number of carbonyl (C=O) groups is 2. The van der Waals surface area contributed by atoms with Gasteiger partial charge < -0.3 is 9.72 Å². The Morgan fingerprint density at radius 3 is 2.64 bits per heavy atom.